The maximum absolute atomic E-state index is 17.0. The van der Waals surface area contributed by atoms with E-state index in [4.69, 9.17) is 19.7 Å². The molecule has 11 heteroatoms. The molecular formula is C34H12F4N6O. The standard InChI is InChI=1S/C34H12F4N6O/c1-16-5-7-18(8-6-16)24-27(22(15-41)43-3)29-30(33(24)44-4)32(36)28-25(31(29)35)20(13-39)23(26(28)21(14-40)42-2)17-9-11-19(12-10-17)45-34(37)38/h5-12,34H,1H3/b26-21-,27-22+. The molecule has 7 nitrogen and oxygen atoms in total. The second-order valence-electron chi connectivity index (χ2n) is 9.49. The van der Waals surface area contributed by atoms with Gasteiger partial charge in [-0.2, -0.15) is 14.0 Å². The third-order valence-corrected chi connectivity index (χ3v) is 7.19. The van der Waals surface area contributed by atoms with Gasteiger partial charge in [-0.15, -0.1) is 0 Å². The van der Waals surface area contributed by atoms with Gasteiger partial charge < -0.3 is 4.74 Å². The molecule has 212 valence electrons. The molecule has 45 heavy (non-hydrogen) atoms. The van der Waals surface area contributed by atoms with E-state index >= 15 is 8.78 Å². The fourth-order valence-corrected chi connectivity index (χ4v) is 5.42. The molecule has 0 amide bonds. The van der Waals surface area contributed by atoms with Crippen LogP contribution in [-0.2, 0) is 0 Å². The van der Waals surface area contributed by atoms with E-state index in [9.17, 15) is 24.6 Å². The van der Waals surface area contributed by atoms with Gasteiger partial charge in [0.1, 0.15) is 23.5 Å². The third kappa shape index (κ3) is 4.47. The Morgan fingerprint density at radius 3 is 1.71 bits per heavy atom. The van der Waals surface area contributed by atoms with Crippen LogP contribution < -0.4 is 4.74 Å². The van der Waals surface area contributed by atoms with Gasteiger partial charge in [-0.05, 0) is 46.9 Å². The number of halogens is 4. The van der Waals surface area contributed by atoms with Crippen molar-refractivity contribution in [3.05, 3.63) is 145 Å². The number of hydrogen-bond donors (Lipinski definition) is 0. The molecule has 5 rings (SSSR count). The van der Waals surface area contributed by atoms with Crippen molar-refractivity contribution in [2.45, 2.75) is 13.5 Å². The molecule has 2 aliphatic carbocycles. The van der Waals surface area contributed by atoms with Gasteiger partial charge in [-0.1, -0.05) is 42.0 Å². The summed E-state index contributed by atoms with van der Waals surface area (Å²) >= 11 is 0. The van der Waals surface area contributed by atoms with Crippen LogP contribution in [0.1, 0.15) is 38.9 Å². The molecule has 0 bridgehead atoms. The van der Waals surface area contributed by atoms with Crippen molar-refractivity contribution >= 4 is 33.6 Å². The van der Waals surface area contributed by atoms with Crippen molar-refractivity contribution < 1.29 is 22.3 Å². The van der Waals surface area contributed by atoms with Crippen molar-refractivity contribution in [2.75, 3.05) is 0 Å². The molecule has 2 aliphatic rings. The molecule has 0 saturated carbocycles. The van der Waals surface area contributed by atoms with Gasteiger partial charge in [0.2, 0.25) is 5.70 Å². The minimum absolute atomic E-state index is 0.0469. The highest BCUT2D eigenvalue weighted by Gasteiger charge is 2.43. The minimum Gasteiger partial charge on any atom is -0.435 e. The van der Waals surface area contributed by atoms with Gasteiger partial charge in [0.25, 0.3) is 11.4 Å². The van der Waals surface area contributed by atoms with E-state index in [1.165, 1.54) is 12.1 Å². The largest absolute Gasteiger partial charge is 0.435 e. The number of benzene rings is 3. The first kappa shape index (κ1) is 29.6. The molecule has 0 aliphatic heterocycles. The number of fused-ring (bicyclic) bond motifs is 2. The Balaban J connectivity index is 1.95. The van der Waals surface area contributed by atoms with Gasteiger partial charge in [-0.25, -0.2) is 33.8 Å². The molecule has 0 radical (unpaired) electrons. The highest BCUT2D eigenvalue weighted by Crippen LogP contribution is 2.57. The van der Waals surface area contributed by atoms with Gasteiger partial charge in [0, 0.05) is 27.8 Å². The highest BCUT2D eigenvalue weighted by molar-refractivity contribution is 6.29. The number of nitrogens with zero attached hydrogens (tertiary/aromatic N) is 6. The number of nitriles is 3. The lowest BCUT2D eigenvalue weighted by Gasteiger charge is -2.15. The molecule has 0 spiro atoms. The van der Waals surface area contributed by atoms with Gasteiger partial charge in [0.15, 0.2) is 0 Å². The Morgan fingerprint density at radius 2 is 1.22 bits per heavy atom. The molecular weight excluding hydrogens is 584 g/mol. The number of hydrogen-bond acceptors (Lipinski definition) is 4. The maximum Gasteiger partial charge on any atom is 0.387 e. The van der Waals surface area contributed by atoms with Crippen LogP contribution in [0.25, 0.3) is 48.1 Å². The topological polar surface area (TPSA) is 93.7 Å². The Hall–Kier alpha value is -6.92. The minimum atomic E-state index is -3.14. The van der Waals surface area contributed by atoms with Crippen LogP contribution in [0.15, 0.2) is 59.9 Å². The Labute approximate surface area is 253 Å². The zero-order chi connectivity index (χ0) is 32.6. The lowest BCUT2D eigenvalue weighted by atomic mass is 9.90. The zero-order valence-electron chi connectivity index (χ0n) is 22.8. The van der Waals surface area contributed by atoms with Crippen molar-refractivity contribution in [1.82, 2.24) is 0 Å². The SMILES string of the molecule is [C-]#[N+]C1=C(c2ccc(C)cc2)/C(=C(/C#N)[N+]#[C-])c2c(F)c3c(c(F)c21)/C(=C(/C#N)[N+]#[C-])C(c1ccc(OC(F)F)cc1)=C3C#N. The number of rotatable bonds is 4. The van der Waals surface area contributed by atoms with Gasteiger partial charge >= 0.3 is 6.61 Å². The van der Waals surface area contributed by atoms with E-state index in [1.54, 1.807) is 43.3 Å². The van der Waals surface area contributed by atoms with Crippen molar-refractivity contribution in [3.8, 4) is 24.0 Å². The number of alkyl halides is 2. The Bertz CT molecular complexity index is 2200. The van der Waals surface area contributed by atoms with Crippen LogP contribution >= 0.6 is 0 Å². The van der Waals surface area contributed by atoms with Crippen LogP contribution in [0, 0.1) is 72.3 Å². The van der Waals surface area contributed by atoms with E-state index in [0.29, 0.717) is 5.56 Å². The first-order valence-corrected chi connectivity index (χ1v) is 12.7. The predicted octanol–water partition coefficient (Wildman–Crippen LogP) is 8.43. The summed E-state index contributed by atoms with van der Waals surface area (Å²) in [5.41, 5.74) is -4.61. The van der Waals surface area contributed by atoms with E-state index < -0.39 is 68.7 Å². The number of aryl methyl sites for hydroxylation is 1. The highest BCUT2D eigenvalue weighted by atomic mass is 19.3. The monoisotopic (exact) mass is 596 g/mol. The summed E-state index contributed by atoms with van der Waals surface area (Å²) in [6, 6.07) is 16.3. The second kappa shape index (κ2) is 11.4. The van der Waals surface area contributed by atoms with Crippen molar-refractivity contribution in [3.63, 3.8) is 0 Å². The Kier molecular flexibility index (Phi) is 7.49. The molecule has 0 N–H and O–H groups in total. The number of allylic oxidation sites excluding steroid dienone is 7. The van der Waals surface area contributed by atoms with E-state index in [2.05, 4.69) is 19.3 Å². The zero-order valence-corrected chi connectivity index (χ0v) is 22.8. The van der Waals surface area contributed by atoms with Gasteiger partial charge in [0.05, 0.1) is 37.4 Å². The predicted molar refractivity (Wildman–Crippen MR) is 155 cm³/mol. The summed E-state index contributed by atoms with van der Waals surface area (Å²) in [6.45, 7) is 21.8. The molecule has 3 aromatic rings. The molecule has 0 fully saturated rings. The summed E-state index contributed by atoms with van der Waals surface area (Å²) in [7, 11) is 0. The second-order valence-corrected chi connectivity index (χ2v) is 9.49. The normalized spacial score (nSPS) is 15.2. The molecule has 0 unspecified atom stereocenters. The molecule has 0 atom stereocenters. The van der Waals surface area contributed by atoms with E-state index in [-0.39, 0.29) is 28.0 Å². The third-order valence-electron chi connectivity index (χ3n) is 7.19. The van der Waals surface area contributed by atoms with Gasteiger partial charge in [-0.3, -0.25) is 0 Å². The van der Waals surface area contributed by atoms with E-state index in [0.717, 1.165) is 17.7 Å². The maximum atomic E-state index is 17.0. The smallest absolute Gasteiger partial charge is 0.387 e. The average molecular weight is 597 g/mol. The van der Waals surface area contributed by atoms with Crippen LogP contribution in [0.5, 0.6) is 5.75 Å². The first-order chi connectivity index (χ1) is 21.7. The fourth-order valence-electron chi connectivity index (χ4n) is 5.42. The van der Waals surface area contributed by atoms with Crippen molar-refractivity contribution in [1.29, 1.82) is 15.8 Å². The summed E-state index contributed by atoms with van der Waals surface area (Å²) in [4.78, 5) is 9.88. The fraction of sp³-hybridized carbons (Fsp3) is 0.0588. The van der Waals surface area contributed by atoms with Crippen LogP contribution in [0.4, 0.5) is 17.6 Å². The van der Waals surface area contributed by atoms with Crippen LogP contribution in [-0.4, -0.2) is 6.61 Å². The quantitative estimate of drug-likeness (QED) is 0.172. The lowest BCUT2D eigenvalue weighted by Crippen LogP contribution is -2.05. The summed E-state index contributed by atoms with van der Waals surface area (Å²) in [5.74, 6) is -2.76. The number of ether oxygens (including phenoxy) is 1. The molecule has 3 aromatic carbocycles. The van der Waals surface area contributed by atoms with Crippen molar-refractivity contribution in [2.24, 2.45) is 0 Å². The summed E-state index contributed by atoms with van der Waals surface area (Å²) < 4.78 is 63.7. The summed E-state index contributed by atoms with van der Waals surface area (Å²) in [6.07, 6.45) is 0. The lowest BCUT2D eigenvalue weighted by molar-refractivity contribution is -0.0498. The van der Waals surface area contributed by atoms with Crippen LogP contribution in [0.2, 0.25) is 0 Å². The van der Waals surface area contributed by atoms with E-state index in [1.807, 2.05) is 6.07 Å². The first-order valence-electron chi connectivity index (χ1n) is 12.7. The van der Waals surface area contributed by atoms with Crippen LogP contribution in [0.3, 0.4) is 0 Å². The molecule has 0 saturated heterocycles. The summed E-state index contributed by atoms with van der Waals surface area (Å²) in [5, 5.41) is 30.0. The molecule has 0 aromatic heterocycles. The average Bonchev–Trinajstić information content (AvgIpc) is 3.56. The Morgan fingerprint density at radius 1 is 0.733 bits per heavy atom. The molecule has 0 heterocycles.